The van der Waals surface area contributed by atoms with Gasteiger partial charge in [0.05, 0.1) is 16.3 Å². The van der Waals surface area contributed by atoms with Crippen molar-refractivity contribution in [2.75, 3.05) is 0 Å². The van der Waals surface area contributed by atoms with Gasteiger partial charge in [-0.3, -0.25) is 4.79 Å². The van der Waals surface area contributed by atoms with Gasteiger partial charge in [-0.25, -0.2) is 5.43 Å². The van der Waals surface area contributed by atoms with Crippen LogP contribution in [0.3, 0.4) is 0 Å². The normalized spacial score (nSPS) is 10.9. The number of amides is 1. The number of benzene rings is 2. The summed E-state index contributed by atoms with van der Waals surface area (Å²) in [5.41, 5.74) is 2.67. The maximum absolute atomic E-state index is 12.0. The van der Waals surface area contributed by atoms with Crippen molar-refractivity contribution in [1.29, 1.82) is 0 Å². The van der Waals surface area contributed by atoms with Crippen LogP contribution in [-0.4, -0.2) is 22.3 Å². The number of phenolic OH excluding ortho intramolecular Hbond substituents is 2. The number of carbonyl (C=O) groups excluding carboxylic acids is 1. The average Bonchev–Trinajstić information content (AvgIpc) is 2.46. The minimum atomic E-state index is -0.600. The Bertz CT molecular complexity index is 766. The van der Waals surface area contributed by atoms with Crippen molar-refractivity contribution in [1.82, 2.24) is 5.43 Å². The van der Waals surface area contributed by atoms with Crippen LogP contribution in [0.4, 0.5) is 0 Å². The van der Waals surface area contributed by atoms with E-state index in [0.29, 0.717) is 19.5 Å². The van der Waals surface area contributed by atoms with E-state index in [1.807, 2.05) is 0 Å². The zero-order chi connectivity index (χ0) is 16.3. The lowest BCUT2D eigenvalue weighted by molar-refractivity contribution is 0.0952. The number of hydrazone groups is 1. The van der Waals surface area contributed by atoms with Crippen molar-refractivity contribution in [3.8, 4) is 11.5 Å². The van der Waals surface area contributed by atoms with Gasteiger partial charge in [-0.05, 0) is 46.3 Å². The van der Waals surface area contributed by atoms with E-state index in [1.54, 1.807) is 6.07 Å². The third-order valence-electron chi connectivity index (χ3n) is 2.63. The summed E-state index contributed by atoms with van der Waals surface area (Å²) < 4.78 is 1.00. The molecule has 0 aromatic heterocycles. The Balaban J connectivity index is 2.16. The monoisotopic (exact) mass is 446 g/mol. The topological polar surface area (TPSA) is 81.9 Å². The van der Waals surface area contributed by atoms with Gasteiger partial charge in [0.2, 0.25) is 0 Å². The van der Waals surface area contributed by atoms with E-state index >= 15 is 0 Å². The maximum Gasteiger partial charge on any atom is 0.275 e. The SMILES string of the molecule is O=C(N/N=C/c1cc(Cl)ccc1O)c1cc(Br)cc(Br)c1O. The van der Waals surface area contributed by atoms with Crippen LogP contribution in [0.1, 0.15) is 15.9 Å². The van der Waals surface area contributed by atoms with Crippen LogP contribution in [0.2, 0.25) is 5.02 Å². The Morgan fingerprint density at radius 2 is 1.95 bits per heavy atom. The molecule has 0 atom stereocenters. The summed E-state index contributed by atoms with van der Waals surface area (Å²) >= 11 is 12.2. The van der Waals surface area contributed by atoms with E-state index in [0.717, 1.165) is 0 Å². The summed E-state index contributed by atoms with van der Waals surface area (Å²) in [6, 6.07) is 7.52. The van der Waals surface area contributed by atoms with E-state index in [-0.39, 0.29) is 17.1 Å². The summed E-state index contributed by atoms with van der Waals surface area (Å²) in [4.78, 5) is 12.0. The summed E-state index contributed by atoms with van der Waals surface area (Å²) in [6.45, 7) is 0. The van der Waals surface area contributed by atoms with Crippen LogP contribution in [0.15, 0.2) is 44.4 Å². The van der Waals surface area contributed by atoms with Crippen molar-refractivity contribution in [3.05, 3.63) is 55.4 Å². The Morgan fingerprint density at radius 3 is 2.68 bits per heavy atom. The van der Waals surface area contributed by atoms with Gasteiger partial charge >= 0.3 is 0 Å². The van der Waals surface area contributed by atoms with Crippen molar-refractivity contribution in [3.63, 3.8) is 0 Å². The number of carbonyl (C=O) groups is 1. The minimum Gasteiger partial charge on any atom is -0.507 e. The molecule has 5 nitrogen and oxygen atoms in total. The van der Waals surface area contributed by atoms with Crippen LogP contribution < -0.4 is 5.43 Å². The number of rotatable bonds is 3. The van der Waals surface area contributed by atoms with E-state index in [1.165, 1.54) is 30.5 Å². The Kier molecular flexibility index (Phi) is 5.44. The minimum absolute atomic E-state index is 0.0181. The maximum atomic E-state index is 12.0. The molecule has 0 fully saturated rings. The van der Waals surface area contributed by atoms with E-state index in [2.05, 4.69) is 42.4 Å². The average molecular weight is 448 g/mol. The Morgan fingerprint density at radius 1 is 1.23 bits per heavy atom. The fourth-order valence-corrected chi connectivity index (χ4v) is 2.99. The highest BCUT2D eigenvalue weighted by atomic mass is 79.9. The molecule has 114 valence electrons. The molecular formula is C14H9Br2ClN2O3. The molecule has 0 heterocycles. The van der Waals surface area contributed by atoms with Gasteiger partial charge in [0.25, 0.3) is 5.91 Å². The summed E-state index contributed by atoms with van der Waals surface area (Å²) in [7, 11) is 0. The predicted molar refractivity (Wildman–Crippen MR) is 91.7 cm³/mol. The molecular weight excluding hydrogens is 439 g/mol. The van der Waals surface area contributed by atoms with Gasteiger partial charge in [0.15, 0.2) is 0 Å². The number of aromatic hydroxyl groups is 2. The van der Waals surface area contributed by atoms with Gasteiger partial charge in [-0.15, -0.1) is 0 Å². The molecule has 0 saturated carbocycles. The molecule has 8 heteroatoms. The first-order valence-electron chi connectivity index (χ1n) is 5.88. The zero-order valence-electron chi connectivity index (χ0n) is 10.8. The number of halogens is 3. The second kappa shape index (κ2) is 7.13. The second-order valence-electron chi connectivity index (χ2n) is 4.19. The number of hydrogen-bond acceptors (Lipinski definition) is 4. The molecule has 0 radical (unpaired) electrons. The van der Waals surface area contributed by atoms with Gasteiger partial charge < -0.3 is 10.2 Å². The van der Waals surface area contributed by atoms with E-state index in [9.17, 15) is 15.0 Å². The molecule has 0 aliphatic heterocycles. The predicted octanol–water partition coefficient (Wildman–Crippen LogP) is 4.04. The Hall–Kier alpha value is -1.57. The van der Waals surface area contributed by atoms with E-state index in [4.69, 9.17) is 11.6 Å². The molecule has 0 saturated heterocycles. The molecule has 22 heavy (non-hydrogen) atoms. The molecule has 0 bridgehead atoms. The summed E-state index contributed by atoms with van der Waals surface area (Å²) in [6.07, 6.45) is 1.25. The fraction of sp³-hybridized carbons (Fsp3) is 0. The largest absolute Gasteiger partial charge is 0.507 e. The third kappa shape index (κ3) is 4.00. The first-order valence-corrected chi connectivity index (χ1v) is 7.85. The van der Waals surface area contributed by atoms with Gasteiger partial charge in [-0.1, -0.05) is 27.5 Å². The third-order valence-corrected chi connectivity index (χ3v) is 3.93. The summed E-state index contributed by atoms with van der Waals surface area (Å²) in [5, 5.41) is 23.6. The van der Waals surface area contributed by atoms with Crippen LogP contribution in [0.25, 0.3) is 0 Å². The molecule has 2 rings (SSSR count). The zero-order valence-corrected chi connectivity index (χ0v) is 14.8. The number of hydrogen-bond donors (Lipinski definition) is 3. The van der Waals surface area contributed by atoms with Crippen LogP contribution >= 0.6 is 43.5 Å². The van der Waals surface area contributed by atoms with Gasteiger partial charge in [-0.2, -0.15) is 5.10 Å². The lowest BCUT2D eigenvalue weighted by Crippen LogP contribution is -2.18. The molecule has 2 aromatic rings. The Labute approximate surface area is 147 Å². The number of nitrogens with one attached hydrogen (secondary N) is 1. The van der Waals surface area contributed by atoms with Crippen molar-refractivity contribution < 1.29 is 15.0 Å². The molecule has 1 amide bonds. The van der Waals surface area contributed by atoms with Crippen molar-refractivity contribution in [2.45, 2.75) is 0 Å². The molecule has 0 spiro atoms. The van der Waals surface area contributed by atoms with Gasteiger partial charge in [0, 0.05) is 15.1 Å². The molecule has 0 unspecified atom stereocenters. The quantitative estimate of drug-likeness (QED) is 0.490. The lowest BCUT2D eigenvalue weighted by Gasteiger charge is -2.06. The number of phenols is 2. The first kappa shape index (κ1) is 16.8. The van der Waals surface area contributed by atoms with Crippen molar-refractivity contribution >= 4 is 55.6 Å². The summed E-state index contributed by atoms with van der Waals surface area (Å²) in [5.74, 6) is -0.811. The molecule has 0 aliphatic carbocycles. The van der Waals surface area contributed by atoms with Crippen molar-refractivity contribution in [2.24, 2.45) is 5.10 Å². The second-order valence-corrected chi connectivity index (χ2v) is 6.39. The highest BCUT2D eigenvalue weighted by Crippen LogP contribution is 2.31. The van der Waals surface area contributed by atoms with E-state index < -0.39 is 5.91 Å². The van der Waals surface area contributed by atoms with Crippen LogP contribution in [-0.2, 0) is 0 Å². The number of nitrogens with zero attached hydrogens (tertiary/aromatic N) is 1. The molecule has 0 aliphatic rings. The van der Waals surface area contributed by atoms with Gasteiger partial charge in [0.1, 0.15) is 11.5 Å². The first-order chi connectivity index (χ1) is 10.4. The fourth-order valence-electron chi connectivity index (χ4n) is 1.59. The highest BCUT2D eigenvalue weighted by Gasteiger charge is 2.14. The van der Waals surface area contributed by atoms with Crippen LogP contribution in [0, 0.1) is 0 Å². The van der Waals surface area contributed by atoms with Crippen LogP contribution in [0.5, 0.6) is 11.5 Å². The lowest BCUT2D eigenvalue weighted by atomic mass is 10.2. The molecule has 3 N–H and O–H groups in total. The molecule has 2 aromatic carbocycles. The highest BCUT2D eigenvalue weighted by molar-refractivity contribution is 9.11. The standard InChI is InChI=1S/C14H9Br2ClN2O3/c15-8-4-10(13(21)11(16)5-8)14(22)19-18-6-7-3-9(17)1-2-12(7)20/h1-6,20-21H,(H,19,22)/b18-6+. The smallest absolute Gasteiger partial charge is 0.275 e.